The Balaban J connectivity index is 1.80. The molecule has 1 N–H and O–H groups in total. The number of carbonyl (C=O) groups is 2. The highest BCUT2D eigenvalue weighted by Crippen LogP contribution is 2.15. The van der Waals surface area contributed by atoms with E-state index in [1.54, 1.807) is 18.2 Å². The van der Waals surface area contributed by atoms with E-state index in [0.29, 0.717) is 24.3 Å². The van der Waals surface area contributed by atoms with Crippen molar-refractivity contribution in [3.63, 3.8) is 0 Å². The number of amides is 1. The van der Waals surface area contributed by atoms with Gasteiger partial charge < -0.3 is 10.1 Å². The highest BCUT2D eigenvalue weighted by Gasteiger charge is 2.22. The summed E-state index contributed by atoms with van der Waals surface area (Å²) < 4.78 is 5.49. The lowest BCUT2D eigenvalue weighted by Gasteiger charge is -2.19. The van der Waals surface area contributed by atoms with Crippen molar-refractivity contribution >= 4 is 11.7 Å². The number of aryl methyl sites for hydroxylation is 1. The van der Waals surface area contributed by atoms with Crippen molar-refractivity contribution in [1.29, 1.82) is 0 Å². The van der Waals surface area contributed by atoms with Crippen LogP contribution in [0.5, 0.6) is 5.75 Å². The molecule has 0 radical (unpaired) electrons. The van der Waals surface area contributed by atoms with E-state index in [0.717, 1.165) is 16.7 Å². The Morgan fingerprint density at radius 3 is 2.40 bits per heavy atom. The zero-order chi connectivity index (χ0) is 21.3. The molecular weight excluding hydrogens is 374 g/mol. The number of rotatable bonds is 9. The van der Waals surface area contributed by atoms with Crippen molar-refractivity contribution in [1.82, 2.24) is 5.32 Å². The summed E-state index contributed by atoms with van der Waals surface area (Å²) in [7, 11) is 0. The van der Waals surface area contributed by atoms with Crippen LogP contribution in [0, 0.1) is 6.92 Å². The third-order valence-electron chi connectivity index (χ3n) is 5.01. The number of benzene rings is 3. The van der Waals surface area contributed by atoms with Crippen LogP contribution < -0.4 is 10.1 Å². The highest BCUT2D eigenvalue weighted by atomic mass is 16.5. The molecule has 0 aliphatic heterocycles. The van der Waals surface area contributed by atoms with Crippen molar-refractivity contribution < 1.29 is 14.3 Å². The second-order valence-corrected chi connectivity index (χ2v) is 7.25. The fraction of sp³-hybridized carbons (Fsp3) is 0.231. The zero-order valence-corrected chi connectivity index (χ0v) is 17.4. The largest absolute Gasteiger partial charge is 0.494 e. The van der Waals surface area contributed by atoms with Gasteiger partial charge in [0.2, 0.25) is 0 Å². The molecule has 0 spiro atoms. The van der Waals surface area contributed by atoms with Crippen LogP contribution in [0.3, 0.4) is 0 Å². The van der Waals surface area contributed by atoms with Gasteiger partial charge in [0.25, 0.3) is 5.91 Å². The Hall–Kier alpha value is -3.40. The summed E-state index contributed by atoms with van der Waals surface area (Å²) >= 11 is 0. The molecule has 0 heterocycles. The van der Waals surface area contributed by atoms with Crippen molar-refractivity contribution in [2.75, 3.05) is 6.61 Å². The van der Waals surface area contributed by atoms with Crippen LogP contribution in [0.1, 0.15) is 34.0 Å². The maximum Gasteiger partial charge on any atom is 0.252 e. The van der Waals surface area contributed by atoms with E-state index < -0.39 is 6.04 Å². The summed E-state index contributed by atoms with van der Waals surface area (Å²) in [6.45, 7) is 4.41. The summed E-state index contributed by atoms with van der Waals surface area (Å²) in [5.41, 5.74) is 3.53. The highest BCUT2D eigenvalue weighted by molar-refractivity contribution is 5.98. The molecule has 0 aromatic heterocycles. The predicted molar refractivity (Wildman–Crippen MR) is 119 cm³/mol. The van der Waals surface area contributed by atoms with Gasteiger partial charge in [-0.2, -0.15) is 0 Å². The standard InChI is InChI=1S/C26H27NO3/c1-3-30-23-15-9-14-22(17-23)26(29)27-24(16-20-11-5-4-6-12-20)25(28)18-21-13-8-7-10-19(21)2/h4-15,17,24H,3,16,18H2,1-2H3,(H,27,29). The van der Waals surface area contributed by atoms with Crippen molar-refractivity contribution in [2.24, 2.45) is 0 Å². The minimum absolute atomic E-state index is 0.0116. The lowest BCUT2D eigenvalue weighted by molar-refractivity contribution is -0.120. The molecule has 0 saturated heterocycles. The van der Waals surface area contributed by atoms with E-state index in [-0.39, 0.29) is 18.1 Å². The number of carbonyl (C=O) groups excluding carboxylic acids is 2. The first-order valence-electron chi connectivity index (χ1n) is 10.2. The molecule has 30 heavy (non-hydrogen) atoms. The Labute approximate surface area is 177 Å². The molecule has 1 unspecified atom stereocenters. The number of hydrogen-bond donors (Lipinski definition) is 1. The van der Waals surface area contributed by atoms with Gasteiger partial charge in [0.05, 0.1) is 12.6 Å². The van der Waals surface area contributed by atoms with Gasteiger partial charge in [-0.3, -0.25) is 9.59 Å². The zero-order valence-electron chi connectivity index (χ0n) is 17.4. The molecule has 0 aliphatic rings. The van der Waals surface area contributed by atoms with Crippen molar-refractivity contribution in [3.05, 3.63) is 101 Å². The summed E-state index contributed by atoms with van der Waals surface area (Å²) in [5.74, 6) is 0.342. The van der Waals surface area contributed by atoms with Crippen LogP contribution in [-0.4, -0.2) is 24.3 Å². The van der Waals surface area contributed by atoms with Crippen LogP contribution in [0.25, 0.3) is 0 Å². The topological polar surface area (TPSA) is 55.4 Å². The third kappa shape index (κ3) is 5.80. The monoisotopic (exact) mass is 401 g/mol. The molecule has 0 aliphatic carbocycles. The van der Waals surface area contributed by atoms with Gasteiger partial charge in [0.1, 0.15) is 5.75 Å². The van der Waals surface area contributed by atoms with Crippen molar-refractivity contribution in [2.45, 2.75) is 32.7 Å². The summed E-state index contributed by atoms with van der Waals surface area (Å²) in [4.78, 5) is 26.1. The molecule has 3 aromatic carbocycles. The second kappa shape index (κ2) is 10.4. The van der Waals surface area contributed by atoms with E-state index >= 15 is 0 Å². The first-order valence-corrected chi connectivity index (χ1v) is 10.2. The van der Waals surface area contributed by atoms with Crippen LogP contribution in [0.15, 0.2) is 78.9 Å². The first kappa shape index (κ1) is 21.3. The van der Waals surface area contributed by atoms with Crippen LogP contribution in [0.4, 0.5) is 0 Å². The maximum atomic E-state index is 13.2. The minimum Gasteiger partial charge on any atom is -0.494 e. The fourth-order valence-electron chi connectivity index (χ4n) is 3.35. The van der Waals surface area contributed by atoms with Gasteiger partial charge in [-0.15, -0.1) is 0 Å². The molecule has 0 saturated carbocycles. The van der Waals surface area contributed by atoms with Crippen molar-refractivity contribution in [3.8, 4) is 5.75 Å². The van der Waals surface area contributed by atoms with Gasteiger partial charge in [0, 0.05) is 12.0 Å². The Morgan fingerprint density at radius 2 is 1.67 bits per heavy atom. The Kier molecular flexibility index (Phi) is 7.39. The van der Waals surface area contributed by atoms with Gasteiger partial charge >= 0.3 is 0 Å². The van der Waals surface area contributed by atoms with E-state index in [1.807, 2.05) is 74.5 Å². The predicted octanol–water partition coefficient (Wildman–Crippen LogP) is 4.55. The molecule has 3 aromatic rings. The van der Waals surface area contributed by atoms with Gasteiger partial charge in [-0.25, -0.2) is 0 Å². The lowest BCUT2D eigenvalue weighted by Crippen LogP contribution is -2.43. The second-order valence-electron chi connectivity index (χ2n) is 7.25. The molecule has 4 heteroatoms. The quantitative estimate of drug-likeness (QED) is 0.572. The number of ether oxygens (including phenoxy) is 1. The fourth-order valence-corrected chi connectivity index (χ4v) is 3.35. The number of ketones is 1. The van der Waals surface area contributed by atoms with Crippen LogP contribution >= 0.6 is 0 Å². The van der Waals surface area contributed by atoms with E-state index in [4.69, 9.17) is 4.74 Å². The Morgan fingerprint density at radius 1 is 0.933 bits per heavy atom. The summed E-state index contributed by atoms with van der Waals surface area (Å²) in [5, 5.41) is 2.95. The van der Waals surface area contributed by atoms with E-state index in [1.165, 1.54) is 0 Å². The van der Waals surface area contributed by atoms with E-state index in [9.17, 15) is 9.59 Å². The van der Waals surface area contributed by atoms with Crippen LogP contribution in [-0.2, 0) is 17.6 Å². The average Bonchev–Trinajstić information content (AvgIpc) is 2.76. The summed E-state index contributed by atoms with van der Waals surface area (Å²) in [6.07, 6.45) is 0.728. The van der Waals surface area contributed by atoms with Crippen LogP contribution in [0.2, 0.25) is 0 Å². The number of hydrogen-bond acceptors (Lipinski definition) is 3. The number of Topliss-reactive ketones (excluding diaryl/α,β-unsaturated/α-hetero) is 1. The maximum absolute atomic E-state index is 13.2. The minimum atomic E-state index is -0.616. The van der Waals surface area contributed by atoms with E-state index in [2.05, 4.69) is 5.32 Å². The van der Waals surface area contributed by atoms with Gasteiger partial charge in [-0.05, 0) is 55.2 Å². The van der Waals surface area contributed by atoms with Gasteiger partial charge in [0.15, 0.2) is 5.78 Å². The molecule has 1 atom stereocenters. The SMILES string of the molecule is CCOc1cccc(C(=O)NC(Cc2ccccc2)C(=O)Cc2ccccc2C)c1. The third-order valence-corrected chi connectivity index (χ3v) is 5.01. The molecule has 4 nitrogen and oxygen atoms in total. The molecular formula is C26H27NO3. The number of nitrogens with one attached hydrogen (secondary N) is 1. The molecule has 0 bridgehead atoms. The lowest BCUT2D eigenvalue weighted by atomic mass is 9.95. The Bertz CT molecular complexity index is 998. The molecule has 1 amide bonds. The first-order chi connectivity index (χ1) is 14.6. The summed E-state index contributed by atoms with van der Waals surface area (Å²) in [6, 6.07) is 24.0. The molecule has 0 fully saturated rings. The smallest absolute Gasteiger partial charge is 0.252 e. The molecule has 3 rings (SSSR count). The average molecular weight is 402 g/mol. The molecule has 154 valence electrons. The van der Waals surface area contributed by atoms with Gasteiger partial charge in [-0.1, -0.05) is 60.7 Å². The normalized spacial score (nSPS) is 11.5.